The zero-order chi connectivity index (χ0) is 13.8. The molecule has 0 spiro atoms. The molecule has 0 aliphatic rings. The van der Waals surface area contributed by atoms with Gasteiger partial charge < -0.3 is 8.94 Å². The molecule has 9 heteroatoms. The van der Waals surface area contributed by atoms with Crippen molar-refractivity contribution >= 4 is 30.0 Å². The standard InChI is InChI=1S/C10H8N4O5/c1-6(15)11-10-12-8(13-19-10)4-2-7-3-5-9(18-7)14(16)17/h2-5H,1H3,(H,11,12,13,15)/b4-2+. The molecule has 0 radical (unpaired) electrons. The van der Waals surface area contributed by atoms with Gasteiger partial charge in [-0.2, -0.15) is 4.98 Å². The van der Waals surface area contributed by atoms with E-state index < -0.39 is 4.92 Å². The fraction of sp³-hybridized carbons (Fsp3) is 0.100. The Hall–Kier alpha value is -2.97. The van der Waals surface area contributed by atoms with Crippen LogP contribution < -0.4 is 5.32 Å². The Balaban J connectivity index is 2.07. The molecular weight excluding hydrogens is 256 g/mol. The van der Waals surface area contributed by atoms with E-state index in [0.717, 1.165) is 0 Å². The first-order valence-corrected chi connectivity index (χ1v) is 5.08. The highest BCUT2D eigenvalue weighted by atomic mass is 16.6. The second-order valence-corrected chi connectivity index (χ2v) is 3.41. The van der Waals surface area contributed by atoms with Gasteiger partial charge in [0, 0.05) is 6.92 Å². The fourth-order valence-electron chi connectivity index (χ4n) is 1.19. The van der Waals surface area contributed by atoms with Gasteiger partial charge in [0.25, 0.3) is 0 Å². The normalized spacial score (nSPS) is 10.8. The highest BCUT2D eigenvalue weighted by molar-refractivity contribution is 5.86. The molecule has 0 aliphatic heterocycles. The van der Waals surface area contributed by atoms with Crippen LogP contribution in [0.5, 0.6) is 0 Å². The van der Waals surface area contributed by atoms with Crippen LogP contribution in [0.25, 0.3) is 12.2 Å². The number of nitrogens with zero attached hydrogens (tertiary/aromatic N) is 3. The molecule has 0 atom stereocenters. The third-order valence-electron chi connectivity index (χ3n) is 1.91. The smallest absolute Gasteiger partial charge is 0.401 e. The van der Waals surface area contributed by atoms with Crippen LogP contribution in [0.2, 0.25) is 0 Å². The SMILES string of the molecule is CC(=O)Nc1nc(/C=C/c2ccc([N+](=O)[O-])o2)no1. The van der Waals surface area contributed by atoms with Crippen LogP contribution in [0.4, 0.5) is 11.9 Å². The number of furan rings is 1. The van der Waals surface area contributed by atoms with Gasteiger partial charge in [-0.25, -0.2) is 0 Å². The van der Waals surface area contributed by atoms with Crippen molar-refractivity contribution in [2.45, 2.75) is 6.92 Å². The zero-order valence-corrected chi connectivity index (χ0v) is 9.69. The molecule has 0 unspecified atom stereocenters. The van der Waals surface area contributed by atoms with Crippen LogP contribution in [0.15, 0.2) is 21.1 Å². The van der Waals surface area contributed by atoms with Gasteiger partial charge in [0.2, 0.25) is 5.91 Å². The Morgan fingerprint density at radius 2 is 2.26 bits per heavy atom. The lowest BCUT2D eigenvalue weighted by Crippen LogP contribution is -2.05. The molecule has 0 aromatic carbocycles. The van der Waals surface area contributed by atoms with E-state index in [4.69, 9.17) is 8.94 Å². The minimum Gasteiger partial charge on any atom is -0.401 e. The molecule has 0 fully saturated rings. The first-order valence-electron chi connectivity index (χ1n) is 5.08. The molecule has 0 bridgehead atoms. The maximum Gasteiger partial charge on any atom is 0.433 e. The lowest BCUT2D eigenvalue weighted by Gasteiger charge is -1.88. The van der Waals surface area contributed by atoms with Crippen LogP contribution >= 0.6 is 0 Å². The largest absolute Gasteiger partial charge is 0.433 e. The molecule has 98 valence electrons. The van der Waals surface area contributed by atoms with Gasteiger partial charge in [-0.3, -0.25) is 20.2 Å². The van der Waals surface area contributed by atoms with Gasteiger partial charge in [0.15, 0.2) is 5.82 Å². The maximum atomic E-state index is 10.7. The second kappa shape index (κ2) is 5.12. The van der Waals surface area contributed by atoms with Crippen LogP contribution in [0.1, 0.15) is 18.5 Å². The van der Waals surface area contributed by atoms with Crippen molar-refractivity contribution in [3.05, 3.63) is 33.8 Å². The lowest BCUT2D eigenvalue weighted by atomic mass is 10.4. The van der Waals surface area contributed by atoms with E-state index in [2.05, 4.69) is 15.5 Å². The molecule has 1 N–H and O–H groups in total. The number of amides is 1. The maximum absolute atomic E-state index is 10.7. The average Bonchev–Trinajstić information content (AvgIpc) is 2.94. The summed E-state index contributed by atoms with van der Waals surface area (Å²) in [6.45, 7) is 1.31. The van der Waals surface area contributed by atoms with Crippen LogP contribution in [-0.4, -0.2) is 21.0 Å². The Bertz CT molecular complexity index is 642. The van der Waals surface area contributed by atoms with Crippen molar-refractivity contribution in [3.8, 4) is 0 Å². The molecule has 0 saturated carbocycles. The molecular formula is C10H8N4O5. The summed E-state index contributed by atoms with van der Waals surface area (Å²) in [5.74, 6) is -0.215. The number of carbonyl (C=O) groups is 1. The number of anilines is 1. The number of hydrogen-bond donors (Lipinski definition) is 1. The number of aromatic nitrogens is 2. The van der Waals surface area contributed by atoms with E-state index >= 15 is 0 Å². The quantitative estimate of drug-likeness (QED) is 0.658. The molecule has 0 aliphatic carbocycles. The fourth-order valence-corrected chi connectivity index (χ4v) is 1.19. The molecule has 0 saturated heterocycles. The molecule has 9 nitrogen and oxygen atoms in total. The number of nitro groups is 1. The summed E-state index contributed by atoms with van der Waals surface area (Å²) in [6, 6.07) is 2.64. The molecule has 19 heavy (non-hydrogen) atoms. The summed E-state index contributed by atoms with van der Waals surface area (Å²) in [5.41, 5.74) is 0. The lowest BCUT2D eigenvalue weighted by molar-refractivity contribution is -0.402. The summed E-state index contributed by atoms with van der Waals surface area (Å²) in [7, 11) is 0. The predicted molar refractivity (Wildman–Crippen MR) is 62.9 cm³/mol. The number of hydrogen-bond acceptors (Lipinski definition) is 7. The van der Waals surface area contributed by atoms with Gasteiger partial charge in [0.1, 0.15) is 10.7 Å². The van der Waals surface area contributed by atoms with Crippen molar-refractivity contribution in [1.29, 1.82) is 0 Å². The Morgan fingerprint density at radius 3 is 2.89 bits per heavy atom. The van der Waals surface area contributed by atoms with Gasteiger partial charge in [0.05, 0.1) is 6.07 Å². The van der Waals surface area contributed by atoms with Crippen molar-refractivity contribution < 1.29 is 18.7 Å². The second-order valence-electron chi connectivity index (χ2n) is 3.41. The minimum atomic E-state index is -0.638. The van der Waals surface area contributed by atoms with Crippen molar-refractivity contribution in [3.63, 3.8) is 0 Å². The topological polar surface area (TPSA) is 124 Å². The van der Waals surface area contributed by atoms with E-state index in [1.807, 2.05) is 0 Å². The third-order valence-corrected chi connectivity index (χ3v) is 1.91. The molecule has 1 amide bonds. The van der Waals surface area contributed by atoms with E-state index in [-0.39, 0.29) is 29.4 Å². The van der Waals surface area contributed by atoms with Crippen LogP contribution in [0, 0.1) is 10.1 Å². The number of rotatable bonds is 4. The molecule has 2 rings (SSSR count). The van der Waals surface area contributed by atoms with E-state index in [9.17, 15) is 14.9 Å². The molecule has 2 aromatic heterocycles. The summed E-state index contributed by atoms with van der Waals surface area (Å²) in [4.78, 5) is 24.3. The predicted octanol–water partition coefficient (Wildman–Crippen LogP) is 1.70. The van der Waals surface area contributed by atoms with Crippen molar-refractivity contribution in [1.82, 2.24) is 10.1 Å². The Kier molecular flexibility index (Phi) is 3.37. The van der Waals surface area contributed by atoms with E-state index in [1.165, 1.54) is 31.2 Å². The highest BCUT2D eigenvalue weighted by Crippen LogP contribution is 2.17. The third kappa shape index (κ3) is 3.25. The molecule has 2 heterocycles. The summed E-state index contributed by atoms with van der Waals surface area (Å²) in [5, 5.41) is 16.3. The average molecular weight is 264 g/mol. The number of nitrogens with one attached hydrogen (secondary N) is 1. The van der Waals surface area contributed by atoms with Crippen molar-refractivity contribution in [2.24, 2.45) is 0 Å². The van der Waals surface area contributed by atoms with Gasteiger partial charge in [-0.15, -0.1) is 0 Å². The summed E-state index contributed by atoms with van der Waals surface area (Å²) >= 11 is 0. The van der Waals surface area contributed by atoms with E-state index in [1.54, 1.807) is 0 Å². The first-order chi connectivity index (χ1) is 9.04. The summed E-state index contributed by atoms with van der Waals surface area (Å²) < 4.78 is 9.62. The monoisotopic (exact) mass is 264 g/mol. The van der Waals surface area contributed by atoms with Crippen molar-refractivity contribution in [2.75, 3.05) is 5.32 Å². The minimum absolute atomic E-state index is 0.0300. The van der Waals surface area contributed by atoms with Gasteiger partial charge >= 0.3 is 11.9 Å². The van der Waals surface area contributed by atoms with E-state index in [0.29, 0.717) is 0 Å². The first kappa shape index (κ1) is 12.5. The Morgan fingerprint density at radius 1 is 1.47 bits per heavy atom. The zero-order valence-electron chi connectivity index (χ0n) is 9.69. The van der Waals surface area contributed by atoms with Crippen LogP contribution in [0.3, 0.4) is 0 Å². The highest BCUT2D eigenvalue weighted by Gasteiger charge is 2.10. The molecule has 2 aromatic rings. The van der Waals surface area contributed by atoms with Gasteiger partial charge in [-0.1, -0.05) is 5.16 Å². The number of carbonyl (C=O) groups excluding carboxylic acids is 1. The Labute approximate surface area is 106 Å². The summed E-state index contributed by atoms with van der Waals surface area (Å²) in [6.07, 6.45) is 2.87. The van der Waals surface area contributed by atoms with Gasteiger partial charge in [-0.05, 0) is 18.2 Å². The van der Waals surface area contributed by atoms with Crippen LogP contribution in [-0.2, 0) is 4.79 Å².